The van der Waals surface area contributed by atoms with Crippen molar-refractivity contribution in [2.45, 2.75) is 6.04 Å². The molecule has 0 spiro atoms. The summed E-state index contributed by atoms with van der Waals surface area (Å²) in [6.45, 7) is -0.122. The second-order valence-corrected chi connectivity index (χ2v) is 5.48. The molecular formula is C19H17N3O3. The van der Waals surface area contributed by atoms with Crippen LogP contribution in [0.25, 0.3) is 11.3 Å². The zero-order valence-corrected chi connectivity index (χ0v) is 13.4. The SMILES string of the molecule is O=[N+]([O-])c1ccc(NC(CO)c2ccccc2)nc1-c1ccccc1. The zero-order chi connectivity index (χ0) is 17.6. The number of hydrogen-bond donors (Lipinski definition) is 2. The highest BCUT2D eigenvalue weighted by atomic mass is 16.6. The highest BCUT2D eigenvalue weighted by Crippen LogP contribution is 2.30. The van der Waals surface area contributed by atoms with Crippen molar-refractivity contribution in [2.24, 2.45) is 0 Å². The fourth-order valence-corrected chi connectivity index (χ4v) is 2.59. The molecule has 2 N–H and O–H groups in total. The summed E-state index contributed by atoms with van der Waals surface area (Å²) in [6.07, 6.45) is 0. The molecule has 0 amide bonds. The van der Waals surface area contributed by atoms with E-state index in [-0.39, 0.29) is 18.3 Å². The van der Waals surface area contributed by atoms with Gasteiger partial charge in [0.25, 0.3) is 5.69 Å². The Morgan fingerprint density at radius 3 is 2.24 bits per heavy atom. The number of nitrogens with one attached hydrogen (secondary N) is 1. The summed E-state index contributed by atoms with van der Waals surface area (Å²) >= 11 is 0. The van der Waals surface area contributed by atoms with Crippen LogP contribution in [0.5, 0.6) is 0 Å². The summed E-state index contributed by atoms with van der Waals surface area (Å²) in [4.78, 5) is 15.3. The number of hydrogen-bond acceptors (Lipinski definition) is 5. The number of pyridine rings is 1. The van der Waals surface area contributed by atoms with Gasteiger partial charge in [0.1, 0.15) is 5.82 Å². The van der Waals surface area contributed by atoms with Crippen LogP contribution in [0.4, 0.5) is 11.5 Å². The van der Waals surface area contributed by atoms with Gasteiger partial charge in [-0.1, -0.05) is 60.7 Å². The Balaban J connectivity index is 1.96. The predicted octanol–water partition coefficient (Wildman–Crippen LogP) is 3.80. The Bertz CT molecular complexity index is 854. The first-order valence-corrected chi connectivity index (χ1v) is 7.82. The fraction of sp³-hybridized carbons (Fsp3) is 0.105. The van der Waals surface area contributed by atoms with E-state index in [4.69, 9.17) is 0 Å². The van der Waals surface area contributed by atoms with Gasteiger partial charge in [-0.15, -0.1) is 0 Å². The fourth-order valence-electron chi connectivity index (χ4n) is 2.59. The van der Waals surface area contributed by atoms with E-state index < -0.39 is 4.92 Å². The number of aromatic nitrogens is 1. The van der Waals surface area contributed by atoms with Crippen molar-refractivity contribution in [3.8, 4) is 11.3 Å². The zero-order valence-electron chi connectivity index (χ0n) is 13.4. The molecule has 2 aromatic carbocycles. The molecule has 3 aromatic rings. The number of benzene rings is 2. The van der Waals surface area contributed by atoms with E-state index in [1.54, 1.807) is 30.3 Å². The van der Waals surface area contributed by atoms with Crippen molar-refractivity contribution in [3.63, 3.8) is 0 Å². The van der Waals surface area contributed by atoms with Gasteiger partial charge >= 0.3 is 0 Å². The summed E-state index contributed by atoms with van der Waals surface area (Å²) < 4.78 is 0. The van der Waals surface area contributed by atoms with Crippen molar-refractivity contribution >= 4 is 11.5 Å². The molecule has 0 saturated carbocycles. The average molecular weight is 335 g/mol. The van der Waals surface area contributed by atoms with Gasteiger partial charge in [0, 0.05) is 11.6 Å². The van der Waals surface area contributed by atoms with Crippen molar-refractivity contribution in [3.05, 3.63) is 88.5 Å². The van der Waals surface area contributed by atoms with E-state index in [1.165, 1.54) is 6.07 Å². The molecule has 6 heteroatoms. The number of aliphatic hydroxyl groups is 1. The lowest BCUT2D eigenvalue weighted by Gasteiger charge is -2.18. The van der Waals surface area contributed by atoms with Crippen molar-refractivity contribution in [2.75, 3.05) is 11.9 Å². The maximum absolute atomic E-state index is 11.3. The molecule has 0 fully saturated rings. The van der Waals surface area contributed by atoms with Crippen LogP contribution in [0.2, 0.25) is 0 Å². The average Bonchev–Trinajstić information content (AvgIpc) is 2.67. The molecule has 3 rings (SSSR count). The van der Waals surface area contributed by atoms with Crippen molar-refractivity contribution < 1.29 is 10.0 Å². The van der Waals surface area contributed by atoms with Crippen LogP contribution in [-0.4, -0.2) is 21.6 Å². The minimum Gasteiger partial charge on any atom is -0.394 e. The van der Waals surface area contributed by atoms with Gasteiger partial charge in [-0.25, -0.2) is 4.98 Å². The maximum Gasteiger partial charge on any atom is 0.295 e. The van der Waals surface area contributed by atoms with Crippen LogP contribution in [0.3, 0.4) is 0 Å². The lowest BCUT2D eigenvalue weighted by atomic mass is 10.1. The highest BCUT2D eigenvalue weighted by molar-refractivity contribution is 5.71. The maximum atomic E-state index is 11.3. The summed E-state index contributed by atoms with van der Waals surface area (Å²) in [5.74, 6) is 0.465. The van der Waals surface area contributed by atoms with E-state index in [0.717, 1.165) is 5.56 Å². The molecule has 1 atom stereocenters. The summed E-state index contributed by atoms with van der Waals surface area (Å²) in [5, 5.41) is 24.1. The predicted molar refractivity (Wildman–Crippen MR) is 96.2 cm³/mol. The lowest BCUT2D eigenvalue weighted by Crippen LogP contribution is -2.15. The van der Waals surface area contributed by atoms with Crippen LogP contribution in [-0.2, 0) is 0 Å². The van der Waals surface area contributed by atoms with E-state index in [2.05, 4.69) is 10.3 Å². The molecule has 6 nitrogen and oxygen atoms in total. The third kappa shape index (κ3) is 3.81. The molecule has 0 bridgehead atoms. The smallest absolute Gasteiger partial charge is 0.295 e. The summed E-state index contributed by atoms with van der Waals surface area (Å²) in [6, 6.07) is 21.1. The van der Waals surface area contributed by atoms with Crippen molar-refractivity contribution in [1.82, 2.24) is 4.98 Å². The molecule has 0 aliphatic rings. The molecule has 1 heterocycles. The number of nitrogens with zero attached hydrogens (tertiary/aromatic N) is 2. The van der Waals surface area contributed by atoms with Crippen LogP contribution in [0.1, 0.15) is 11.6 Å². The normalized spacial score (nSPS) is 11.7. The van der Waals surface area contributed by atoms with Gasteiger partial charge in [-0.05, 0) is 11.6 Å². The van der Waals surface area contributed by atoms with E-state index >= 15 is 0 Å². The van der Waals surface area contributed by atoms with Crippen LogP contribution < -0.4 is 5.32 Å². The number of rotatable bonds is 6. The Labute approximate surface area is 144 Å². The molecule has 25 heavy (non-hydrogen) atoms. The molecule has 1 unspecified atom stereocenters. The van der Waals surface area contributed by atoms with Crippen LogP contribution in [0, 0.1) is 10.1 Å². The first-order chi connectivity index (χ1) is 12.2. The standard InChI is InChI=1S/C19H17N3O3/c23-13-16(14-7-3-1-4-8-14)20-18-12-11-17(22(24)25)19(21-18)15-9-5-2-6-10-15/h1-12,16,23H,13H2,(H,20,21). The molecule has 126 valence electrons. The number of nitro groups is 1. The van der Waals surface area contributed by atoms with Crippen LogP contribution in [0.15, 0.2) is 72.8 Å². The number of aliphatic hydroxyl groups excluding tert-OH is 1. The Morgan fingerprint density at radius 2 is 1.64 bits per heavy atom. The molecule has 1 aromatic heterocycles. The summed E-state index contributed by atoms with van der Waals surface area (Å²) in [5.41, 5.74) is 1.81. The second kappa shape index (κ2) is 7.55. The quantitative estimate of drug-likeness (QED) is 0.528. The van der Waals surface area contributed by atoms with E-state index in [9.17, 15) is 15.2 Å². The van der Waals surface area contributed by atoms with Gasteiger partial charge in [0.2, 0.25) is 0 Å². The van der Waals surface area contributed by atoms with Crippen LogP contribution >= 0.6 is 0 Å². The molecule has 0 saturated heterocycles. The first-order valence-electron chi connectivity index (χ1n) is 7.82. The van der Waals surface area contributed by atoms with Gasteiger partial charge in [-0.3, -0.25) is 10.1 Å². The minimum absolute atomic E-state index is 0.0583. The van der Waals surface area contributed by atoms with Crippen molar-refractivity contribution in [1.29, 1.82) is 0 Å². The van der Waals surface area contributed by atoms with Gasteiger partial charge in [-0.2, -0.15) is 0 Å². The van der Waals surface area contributed by atoms with E-state index in [1.807, 2.05) is 36.4 Å². The Hall–Kier alpha value is -3.25. The third-order valence-electron chi connectivity index (χ3n) is 3.82. The summed E-state index contributed by atoms with van der Waals surface area (Å²) in [7, 11) is 0. The molecular weight excluding hydrogens is 318 g/mol. The molecule has 0 radical (unpaired) electrons. The molecule has 0 aliphatic carbocycles. The largest absolute Gasteiger partial charge is 0.394 e. The second-order valence-electron chi connectivity index (χ2n) is 5.48. The van der Waals surface area contributed by atoms with Gasteiger partial charge in [0.05, 0.1) is 17.6 Å². The molecule has 0 aliphatic heterocycles. The third-order valence-corrected chi connectivity index (χ3v) is 3.82. The lowest BCUT2D eigenvalue weighted by molar-refractivity contribution is -0.384. The monoisotopic (exact) mass is 335 g/mol. The first kappa shape index (κ1) is 16.6. The number of anilines is 1. The van der Waals surface area contributed by atoms with E-state index in [0.29, 0.717) is 17.1 Å². The topological polar surface area (TPSA) is 88.3 Å². The van der Waals surface area contributed by atoms with Gasteiger partial charge < -0.3 is 10.4 Å². The Morgan fingerprint density at radius 1 is 1.00 bits per heavy atom. The van der Waals surface area contributed by atoms with Gasteiger partial charge in [0.15, 0.2) is 5.69 Å². The Kier molecular flexibility index (Phi) is 5.01. The minimum atomic E-state index is -0.445. The highest BCUT2D eigenvalue weighted by Gasteiger charge is 2.19.